The lowest BCUT2D eigenvalue weighted by Crippen LogP contribution is -3.10. The van der Waals surface area contributed by atoms with E-state index in [2.05, 4.69) is 37.7 Å². The second-order valence-electron chi connectivity index (χ2n) is 7.09. The number of anilines is 2. The number of aromatic nitrogens is 2. The maximum Gasteiger partial charge on any atom is 0.232 e. The molecule has 3 heterocycles. The monoisotopic (exact) mass is 379 g/mol. The van der Waals surface area contributed by atoms with E-state index in [1.165, 1.54) is 18.5 Å². The van der Waals surface area contributed by atoms with Crippen molar-refractivity contribution in [1.29, 1.82) is 0 Å². The molecule has 0 spiro atoms. The van der Waals surface area contributed by atoms with Crippen LogP contribution in [0.1, 0.15) is 24.5 Å². The van der Waals surface area contributed by atoms with Crippen LogP contribution in [0.3, 0.4) is 0 Å². The van der Waals surface area contributed by atoms with E-state index >= 15 is 0 Å². The Bertz CT molecular complexity index is 966. The molecule has 1 aliphatic carbocycles. The number of amidine groups is 1. The van der Waals surface area contributed by atoms with Gasteiger partial charge in [-0.25, -0.2) is 9.89 Å². The number of hydrogen-bond donors (Lipinski definition) is 3. The quantitative estimate of drug-likeness (QED) is 0.713. The number of aliphatic imine (C=N–C) groups is 1. The Kier molecular flexibility index (Phi) is 4.05. The van der Waals surface area contributed by atoms with Gasteiger partial charge >= 0.3 is 0 Å². The summed E-state index contributed by atoms with van der Waals surface area (Å²) >= 11 is 0. The molecule has 8 heteroatoms. The molecule has 0 saturated heterocycles. The van der Waals surface area contributed by atoms with Crippen LogP contribution in [-0.2, 0) is 0 Å². The number of nitrogens with one attached hydrogen (secondary N) is 3. The third-order valence-corrected chi connectivity index (χ3v) is 5.24. The average Bonchev–Trinajstić information content (AvgIpc) is 3.28. The lowest BCUT2D eigenvalue weighted by molar-refractivity contribution is -0.698. The number of H-pyrrole nitrogens is 1. The van der Waals surface area contributed by atoms with Crippen LogP contribution in [0.2, 0.25) is 0 Å². The highest BCUT2D eigenvalue weighted by Gasteiger charge is 2.34. The van der Waals surface area contributed by atoms with Crippen molar-refractivity contribution < 1.29 is 14.4 Å². The van der Waals surface area contributed by atoms with Crippen molar-refractivity contribution in [3.05, 3.63) is 54.4 Å². The molecule has 3 N–H and O–H groups in total. The Morgan fingerprint density at radius 1 is 1.21 bits per heavy atom. The summed E-state index contributed by atoms with van der Waals surface area (Å²) in [6, 6.07) is 7.88. The molecule has 5 rings (SSSR count). The molecule has 2 aliphatic heterocycles. The molecule has 1 aromatic heterocycles. The number of benzene rings is 1. The van der Waals surface area contributed by atoms with Crippen molar-refractivity contribution in [3.63, 3.8) is 0 Å². The van der Waals surface area contributed by atoms with Gasteiger partial charge in [0.25, 0.3) is 0 Å². The van der Waals surface area contributed by atoms with E-state index in [9.17, 15) is 0 Å². The minimum Gasteiger partial charge on any atom is -0.494 e. The van der Waals surface area contributed by atoms with Crippen LogP contribution in [0.15, 0.2) is 53.7 Å². The second kappa shape index (κ2) is 6.72. The van der Waals surface area contributed by atoms with Gasteiger partial charge in [0.2, 0.25) is 11.7 Å². The zero-order chi connectivity index (χ0) is 19.1. The Balaban J connectivity index is 1.51. The average molecular weight is 379 g/mol. The summed E-state index contributed by atoms with van der Waals surface area (Å²) in [7, 11) is 3.33. The molecule has 8 nitrogen and oxygen atoms in total. The van der Waals surface area contributed by atoms with Crippen LogP contribution >= 0.6 is 0 Å². The molecule has 0 bridgehead atoms. The number of para-hydroxylation sites is 1. The van der Waals surface area contributed by atoms with Gasteiger partial charge in [0.1, 0.15) is 29.9 Å². The first-order valence-corrected chi connectivity index (χ1v) is 9.39. The molecular weight excluding hydrogens is 356 g/mol. The zero-order valence-corrected chi connectivity index (χ0v) is 15.9. The minimum absolute atomic E-state index is 0.633. The van der Waals surface area contributed by atoms with Crippen molar-refractivity contribution in [2.24, 2.45) is 4.99 Å². The van der Waals surface area contributed by atoms with Crippen molar-refractivity contribution in [3.8, 4) is 11.5 Å². The predicted molar refractivity (Wildman–Crippen MR) is 107 cm³/mol. The van der Waals surface area contributed by atoms with Gasteiger partial charge < -0.3 is 14.4 Å². The normalized spacial score (nSPS) is 20.5. The number of fused-ring (bicyclic) bond motifs is 1. The molecule has 1 atom stereocenters. The lowest BCUT2D eigenvalue weighted by Gasteiger charge is -2.30. The number of ether oxygens (including phenoxy) is 2. The largest absolute Gasteiger partial charge is 0.494 e. The predicted octanol–water partition coefficient (Wildman–Crippen LogP) is 1.80. The fourth-order valence-electron chi connectivity index (χ4n) is 3.67. The summed E-state index contributed by atoms with van der Waals surface area (Å²) in [6.45, 7) is 0.637. The summed E-state index contributed by atoms with van der Waals surface area (Å²) in [5.74, 6) is 4.89. The van der Waals surface area contributed by atoms with Crippen molar-refractivity contribution in [2.75, 3.05) is 31.0 Å². The van der Waals surface area contributed by atoms with Gasteiger partial charge in [0, 0.05) is 17.7 Å². The van der Waals surface area contributed by atoms with Gasteiger partial charge in [0.05, 0.1) is 26.6 Å². The Labute approximate surface area is 163 Å². The smallest absolute Gasteiger partial charge is 0.232 e. The Morgan fingerprint density at radius 3 is 2.71 bits per heavy atom. The maximum atomic E-state index is 5.59. The van der Waals surface area contributed by atoms with E-state index in [4.69, 9.17) is 9.47 Å². The van der Waals surface area contributed by atoms with Crippen molar-refractivity contribution in [2.45, 2.75) is 18.8 Å². The summed E-state index contributed by atoms with van der Waals surface area (Å²) < 4.78 is 11.2. The van der Waals surface area contributed by atoms with Crippen LogP contribution < -0.4 is 24.6 Å². The number of hydrogen-bond acceptors (Lipinski definition) is 6. The number of nitrogens with zero attached hydrogens (tertiary/aromatic N) is 3. The molecule has 28 heavy (non-hydrogen) atoms. The van der Waals surface area contributed by atoms with Crippen LogP contribution in [-0.4, -0.2) is 36.8 Å². The van der Waals surface area contributed by atoms with Crippen molar-refractivity contribution >= 4 is 17.3 Å². The number of quaternary nitrogens is 1. The summed E-state index contributed by atoms with van der Waals surface area (Å²) in [4.78, 5) is 7.73. The minimum atomic E-state index is 0.633. The standard InChI is InChI=1S/C20H22N6O2/c1-27-15-4-3-5-16(28-2)20(15)25-11-18-21-8-9-26(18)19(12-25)22-17-10-14(23-24-17)13-6-7-13/h3-5,8-10,12-13H,6-7,11H2,1-2H3,(H2,22,23,24)/p+1. The fourth-order valence-corrected chi connectivity index (χ4v) is 3.67. The van der Waals surface area contributed by atoms with Gasteiger partial charge in [-0.05, 0) is 25.0 Å². The van der Waals surface area contributed by atoms with E-state index < -0.39 is 0 Å². The van der Waals surface area contributed by atoms with Crippen molar-refractivity contribution in [1.82, 2.24) is 10.2 Å². The summed E-state index contributed by atoms with van der Waals surface area (Å²) in [6.07, 6.45) is 8.41. The van der Waals surface area contributed by atoms with E-state index in [0.717, 1.165) is 39.6 Å². The van der Waals surface area contributed by atoms with E-state index in [0.29, 0.717) is 12.5 Å². The highest BCUT2D eigenvalue weighted by atomic mass is 16.5. The molecule has 2 aromatic rings. The molecule has 144 valence electrons. The van der Waals surface area contributed by atoms with Crippen LogP contribution in [0.4, 0.5) is 11.5 Å². The molecule has 3 aliphatic rings. The number of methoxy groups -OCH3 is 2. The van der Waals surface area contributed by atoms with Crippen LogP contribution in [0, 0.1) is 0 Å². The third-order valence-electron chi connectivity index (χ3n) is 5.24. The molecule has 1 fully saturated rings. The fraction of sp³-hybridized carbons (Fsp3) is 0.300. The molecular formula is C20H23N6O2+. The topological polar surface area (TPSA) is 79.2 Å². The van der Waals surface area contributed by atoms with E-state index in [-0.39, 0.29) is 0 Å². The molecule has 0 amide bonds. The number of rotatable bonds is 6. The Hall–Kier alpha value is -3.26. The first-order chi connectivity index (χ1) is 13.8. The first-order valence-electron chi connectivity index (χ1n) is 9.39. The lowest BCUT2D eigenvalue weighted by atomic mass is 10.2. The Morgan fingerprint density at radius 2 is 2.00 bits per heavy atom. The zero-order valence-electron chi connectivity index (χ0n) is 15.9. The second-order valence-corrected chi connectivity index (χ2v) is 7.09. The molecule has 0 radical (unpaired) electrons. The van der Waals surface area contributed by atoms with E-state index in [1.54, 1.807) is 14.2 Å². The first kappa shape index (κ1) is 16.9. The van der Waals surface area contributed by atoms with Gasteiger partial charge in [-0.1, -0.05) is 6.07 Å². The number of aromatic amines is 1. The van der Waals surface area contributed by atoms with Crippen LogP contribution in [0.5, 0.6) is 11.5 Å². The highest BCUT2D eigenvalue weighted by molar-refractivity contribution is 5.86. The highest BCUT2D eigenvalue weighted by Crippen LogP contribution is 2.40. The molecule has 1 unspecified atom stereocenters. The van der Waals surface area contributed by atoms with Gasteiger partial charge in [-0.3, -0.25) is 10.4 Å². The van der Waals surface area contributed by atoms with Gasteiger partial charge in [-0.15, -0.1) is 0 Å². The maximum absolute atomic E-state index is 5.59. The SMILES string of the molecule is COc1cccc(OC)c1N1C=C(Nc2cc(C3CC3)[nH]n2)[NH+]2C=CN=C2C1. The van der Waals surface area contributed by atoms with Crippen LogP contribution in [0.25, 0.3) is 0 Å². The summed E-state index contributed by atoms with van der Waals surface area (Å²) in [5.41, 5.74) is 2.07. The molecule has 1 saturated carbocycles. The van der Waals surface area contributed by atoms with Gasteiger partial charge in [0.15, 0.2) is 5.82 Å². The third kappa shape index (κ3) is 2.91. The van der Waals surface area contributed by atoms with E-state index in [1.807, 2.05) is 30.6 Å². The summed E-state index contributed by atoms with van der Waals surface area (Å²) in [5, 5.41) is 11.0. The molecule has 1 aromatic carbocycles. The van der Waals surface area contributed by atoms with Gasteiger partial charge in [-0.2, -0.15) is 5.10 Å².